The molecule has 0 saturated carbocycles. The third-order valence-corrected chi connectivity index (χ3v) is 4.45. The second-order valence-electron chi connectivity index (χ2n) is 5.64. The van der Waals surface area contributed by atoms with E-state index < -0.39 is 0 Å². The Balaban J connectivity index is 2.02. The lowest BCUT2D eigenvalue weighted by atomic mass is 10.0. The predicted octanol–water partition coefficient (Wildman–Crippen LogP) is 4.65. The van der Waals surface area contributed by atoms with Gasteiger partial charge in [0.25, 0.3) is 0 Å². The summed E-state index contributed by atoms with van der Waals surface area (Å²) in [5.41, 5.74) is 8.83. The number of allylic oxidation sites excluding steroid dienone is 5. The molecule has 1 nitrogen and oxygen atoms in total. The van der Waals surface area contributed by atoms with E-state index in [-0.39, 0.29) is 0 Å². The maximum Gasteiger partial charge on any atom is 0.0690 e. The first-order chi connectivity index (χ1) is 8.54. The molecule has 0 aromatic carbocycles. The van der Waals surface area contributed by atoms with Crippen molar-refractivity contribution >= 4 is 0 Å². The molecule has 0 fully saturated rings. The van der Waals surface area contributed by atoms with Crippen molar-refractivity contribution in [1.29, 1.82) is 0 Å². The highest BCUT2D eigenvalue weighted by molar-refractivity contribution is 5.50. The third-order valence-electron chi connectivity index (χ3n) is 4.45. The van der Waals surface area contributed by atoms with E-state index in [2.05, 4.69) is 52.1 Å². The monoisotopic (exact) mass is 243 g/mol. The number of rotatable bonds is 4. The molecule has 0 saturated heterocycles. The van der Waals surface area contributed by atoms with E-state index in [0.29, 0.717) is 6.04 Å². The summed E-state index contributed by atoms with van der Waals surface area (Å²) in [4.78, 5) is 0. The van der Waals surface area contributed by atoms with Crippen LogP contribution in [0.3, 0.4) is 0 Å². The molecule has 1 heteroatoms. The summed E-state index contributed by atoms with van der Waals surface area (Å²) in [6, 6.07) is 0.422. The molecular weight excluding hydrogens is 218 g/mol. The lowest BCUT2D eigenvalue weighted by molar-refractivity contribution is 0.702. The van der Waals surface area contributed by atoms with E-state index in [1.807, 2.05) is 0 Å². The van der Waals surface area contributed by atoms with Crippen molar-refractivity contribution in [2.75, 3.05) is 0 Å². The van der Waals surface area contributed by atoms with Gasteiger partial charge in [-0.05, 0) is 62.5 Å². The smallest absolute Gasteiger partial charge is 0.0690 e. The average Bonchev–Trinajstić information content (AvgIpc) is 2.86. The van der Waals surface area contributed by atoms with E-state index in [0.717, 1.165) is 6.42 Å². The van der Waals surface area contributed by atoms with Gasteiger partial charge in [-0.2, -0.15) is 0 Å². The molecule has 2 aliphatic carbocycles. The minimum Gasteiger partial charge on any atom is -0.378 e. The van der Waals surface area contributed by atoms with Gasteiger partial charge in [0.2, 0.25) is 0 Å². The molecule has 1 N–H and O–H groups in total. The maximum atomic E-state index is 3.72. The van der Waals surface area contributed by atoms with Crippen molar-refractivity contribution in [1.82, 2.24) is 5.32 Å². The Morgan fingerprint density at radius 2 is 1.67 bits per heavy atom. The van der Waals surface area contributed by atoms with Gasteiger partial charge in [-0.1, -0.05) is 25.0 Å². The fourth-order valence-corrected chi connectivity index (χ4v) is 2.92. The fourth-order valence-electron chi connectivity index (χ4n) is 2.92. The van der Waals surface area contributed by atoms with Crippen LogP contribution >= 0.6 is 0 Å². The summed E-state index contributed by atoms with van der Waals surface area (Å²) in [5, 5.41) is 3.72. The molecule has 0 aromatic heterocycles. The molecule has 0 heterocycles. The van der Waals surface area contributed by atoms with Crippen molar-refractivity contribution in [3.05, 3.63) is 45.7 Å². The first-order valence-corrected chi connectivity index (χ1v) is 7.04. The molecule has 0 aliphatic heterocycles. The number of nitrogens with one attached hydrogen (secondary N) is 1. The Labute approximate surface area is 111 Å². The molecule has 0 unspecified atom stereocenters. The lowest BCUT2D eigenvalue weighted by Crippen LogP contribution is -2.29. The van der Waals surface area contributed by atoms with Crippen LogP contribution in [0.4, 0.5) is 0 Å². The SMILES string of the molecule is CCCC1=CC=C(NC2C(C)=C(C)C(C)=C2C)C1. The van der Waals surface area contributed by atoms with Crippen LogP contribution in [-0.4, -0.2) is 6.04 Å². The van der Waals surface area contributed by atoms with Gasteiger partial charge >= 0.3 is 0 Å². The molecule has 0 aromatic rings. The van der Waals surface area contributed by atoms with E-state index in [9.17, 15) is 0 Å². The molecule has 0 spiro atoms. The maximum absolute atomic E-state index is 3.72. The summed E-state index contributed by atoms with van der Waals surface area (Å²) in [5.74, 6) is 0. The molecule has 0 radical (unpaired) electrons. The quantitative estimate of drug-likeness (QED) is 0.758. The van der Waals surface area contributed by atoms with Crippen molar-refractivity contribution in [2.45, 2.75) is 59.9 Å². The Kier molecular flexibility index (Phi) is 3.79. The second-order valence-corrected chi connectivity index (χ2v) is 5.64. The van der Waals surface area contributed by atoms with Crippen LogP contribution in [-0.2, 0) is 0 Å². The zero-order valence-corrected chi connectivity index (χ0v) is 12.4. The van der Waals surface area contributed by atoms with Gasteiger partial charge in [0.05, 0.1) is 6.04 Å². The van der Waals surface area contributed by atoms with Crippen LogP contribution in [0, 0.1) is 0 Å². The Morgan fingerprint density at radius 1 is 1.06 bits per heavy atom. The van der Waals surface area contributed by atoms with Crippen molar-refractivity contribution < 1.29 is 0 Å². The van der Waals surface area contributed by atoms with E-state index in [4.69, 9.17) is 0 Å². The Hall–Kier alpha value is -1.24. The molecule has 0 amide bonds. The van der Waals surface area contributed by atoms with Crippen molar-refractivity contribution in [3.8, 4) is 0 Å². The summed E-state index contributed by atoms with van der Waals surface area (Å²) in [6.45, 7) is 11.2. The highest BCUT2D eigenvalue weighted by Crippen LogP contribution is 2.33. The molecule has 98 valence electrons. The Morgan fingerprint density at radius 3 is 2.22 bits per heavy atom. The third kappa shape index (κ3) is 2.31. The predicted molar refractivity (Wildman–Crippen MR) is 79.4 cm³/mol. The zero-order chi connectivity index (χ0) is 13.3. The number of hydrogen-bond acceptors (Lipinski definition) is 1. The summed E-state index contributed by atoms with van der Waals surface area (Å²) >= 11 is 0. The van der Waals surface area contributed by atoms with Crippen molar-refractivity contribution in [2.24, 2.45) is 0 Å². The van der Waals surface area contributed by atoms with Gasteiger partial charge in [0, 0.05) is 12.1 Å². The van der Waals surface area contributed by atoms with E-state index in [1.165, 1.54) is 40.8 Å². The lowest BCUT2D eigenvalue weighted by Gasteiger charge is -2.20. The fraction of sp³-hybridized carbons (Fsp3) is 0.529. The largest absolute Gasteiger partial charge is 0.378 e. The highest BCUT2D eigenvalue weighted by Gasteiger charge is 2.25. The van der Waals surface area contributed by atoms with Crippen molar-refractivity contribution in [3.63, 3.8) is 0 Å². The van der Waals surface area contributed by atoms with Gasteiger partial charge in [0.1, 0.15) is 0 Å². The van der Waals surface area contributed by atoms with Gasteiger partial charge in [-0.15, -0.1) is 0 Å². The topological polar surface area (TPSA) is 12.0 Å². The molecule has 2 aliphatic rings. The van der Waals surface area contributed by atoms with Crippen LogP contribution in [0.15, 0.2) is 45.7 Å². The normalized spacial score (nSPS) is 20.7. The summed E-state index contributed by atoms with van der Waals surface area (Å²) in [6.07, 6.45) is 8.14. The number of hydrogen-bond donors (Lipinski definition) is 1. The summed E-state index contributed by atoms with van der Waals surface area (Å²) < 4.78 is 0. The van der Waals surface area contributed by atoms with Crippen LogP contribution in [0.25, 0.3) is 0 Å². The van der Waals surface area contributed by atoms with Crippen LogP contribution < -0.4 is 5.32 Å². The second kappa shape index (κ2) is 5.17. The Bertz CT molecular complexity index is 448. The zero-order valence-electron chi connectivity index (χ0n) is 12.4. The summed E-state index contributed by atoms with van der Waals surface area (Å²) in [7, 11) is 0. The standard InChI is InChI=1S/C17H25N/c1-6-7-15-8-9-16(10-15)18-17-13(4)11(2)12(3)14(17)5/h8-9,17-18H,6-7,10H2,1-5H3. The van der Waals surface area contributed by atoms with Crippen LogP contribution in [0.2, 0.25) is 0 Å². The first-order valence-electron chi connectivity index (χ1n) is 7.04. The highest BCUT2D eigenvalue weighted by atomic mass is 14.9. The minimum atomic E-state index is 0.422. The molecule has 0 atom stereocenters. The van der Waals surface area contributed by atoms with Crippen LogP contribution in [0.1, 0.15) is 53.9 Å². The van der Waals surface area contributed by atoms with Crippen LogP contribution in [0.5, 0.6) is 0 Å². The molecule has 0 bridgehead atoms. The minimum absolute atomic E-state index is 0.422. The van der Waals surface area contributed by atoms with Gasteiger partial charge in [-0.25, -0.2) is 0 Å². The van der Waals surface area contributed by atoms with E-state index >= 15 is 0 Å². The molecule has 2 rings (SSSR count). The molecular formula is C17H25N. The first kappa shape index (κ1) is 13.2. The van der Waals surface area contributed by atoms with Gasteiger partial charge in [0.15, 0.2) is 0 Å². The van der Waals surface area contributed by atoms with Gasteiger partial charge in [-0.3, -0.25) is 0 Å². The van der Waals surface area contributed by atoms with E-state index in [1.54, 1.807) is 5.57 Å². The average molecular weight is 243 g/mol. The molecule has 18 heavy (non-hydrogen) atoms. The van der Waals surface area contributed by atoms with Gasteiger partial charge < -0.3 is 5.32 Å².